The van der Waals surface area contributed by atoms with E-state index in [1.807, 2.05) is 0 Å². The van der Waals surface area contributed by atoms with Crippen molar-refractivity contribution in [2.24, 2.45) is 0 Å². The molecule has 0 radical (unpaired) electrons. The minimum atomic E-state index is -3.72. The maximum atomic E-state index is 13.1. The highest BCUT2D eigenvalue weighted by molar-refractivity contribution is 7.89. The van der Waals surface area contributed by atoms with E-state index in [4.69, 9.17) is 4.74 Å². The number of benzene rings is 2. The Bertz CT molecular complexity index is 1000. The SMILES string of the molecule is CCN(C(=O)COC(=O)c1cc(S(=O)(=O)N(C)C)ccc1C)c1ccc(F)cc1. The molecule has 0 atom stereocenters. The van der Waals surface area contributed by atoms with Crippen LogP contribution in [0.25, 0.3) is 0 Å². The maximum Gasteiger partial charge on any atom is 0.338 e. The van der Waals surface area contributed by atoms with E-state index in [1.165, 1.54) is 61.5 Å². The summed E-state index contributed by atoms with van der Waals surface area (Å²) in [6.07, 6.45) is 0. The number of sulfonamides is 1. The van der Waals surface area contributed by atoms with Crippen LogP contribution >= 0.6 is 0 Å². The normalized spacial score (nSPS) is 11.4. The second-order valence-corrected chi connectivity index (χ2v) is 8.61. The Kier molecular flexibility index (Phi) is 7.10. The van der Waals surface area contributed by atoms with Crippen molar-refractivity contribution >= 4 is 27.6 Å². The number of anilines is 1. The standard InChI is InChI=1S/C20H23FN2O5S/c1-5-23(16-9-7-15(21)8-10-16)19(24)13-28-20(25)18-12-17(11-6-14(18)2)29(26,27)22(3)4/h6-12H,5,13H2,1-4H3. The van der Waals surface area contributed by atoms with E-state index >= 15 is 0 Å². The zero-order chi connectivity index (χ0) is 21.8. The van der Waals surface area contributed by atoms with Gasteiger partial charge >= 0.3 is 5.97 Å². The predicted molar refractivity (Wildman–Crippen MR) is 107 cm³/mol. The second-order valence-electron chi connectivity index (χ2n) is 6.45. The van der Waals surface area contributed by atoms with E-state index in [1.54, 1.807) is 13.8 Å². The average molecular weight is 422 g/mol. The number of carbonyl (C=O) groups is 2. The summed E-state index contributed by atoms with van der Waals surface area (Å²) >= 11 is 0. The third-order valence-corrected chi connectivity index (χ3v) is 6.10. The minimum Gasteiger partial charge on any atom is -0.452 e. The van der Waals surface area contributed by atoms with Crippen LogP contribution in [0.4, 0.5) is 10.1 Å². The average Bonchev–Trinajstić information content (AvgIpc) is 2.68. The van der Waals surface area contributed by atoms with Crippen LogP contribution in [0, 0.1) is 12.7 Å². The molecule has 0 bridgehead atoms. The molecule has 2 aromatic rings. The fraction of sp³-hybridized carbons (Fsp3) is 0.300. The van der Waals surface area contributed by atoms with Gasteiger partial charge in [0.05, 0.1) is 10.5 Å². The fourth-order valence-electron chi connectivity index (χ4n) is 2.60. The molecule has 0 saturated heterocycles. The predicted octanol–water partition coefficient (Wildman–Crippen LogP) is 2.59. The van der Waals surface area contributed by atoms with Crippen LogP contribution in [-0.4, -0.2) is 51.8 Å². The molecule has 0 saturated carbocycles. The Balaban J connectivity index is 2.16. The van der Waals surface area contributed by atoms with Gasteiger partial charge in [0.25, 0.3) is 5.91 Å². The summed E-state index contributed by atoms with van der Waals surface area (Å²) in [5.74, 6) is -1.71. The molecule has 9 heteroatoms. The first-order valence-electron chi connectivity index (χ1n) is 8.84. The zero-order valence-electron chi connectivity index (χ0n) is 16.7. The van der Waals surface area contributed by atoms with Crippen molar-refractivity contribution in [2.45, 2.75) is 18.7 Å². The molecule has 0 aromatic heterocycles. The maximum absolute atomic E-state index is 13.1. The molecule has 0 heterocycles. The fourth-order valence-corrected chi connectivity index (χ4v) is 3.53. The van der Waals surface area contributed by atoms with Gasteiger partial charge in [0.1, 0.15) is 5.82 Å². The number of esters is 1. The third-order valence-electron chi connectivity index (χ3n) is 4.29. The van der Waals surface area contributed by atoms with Crippen LogP contribution in [0.3, 0.4) is 0 Å². The molecule has 156 valence electrons. The molecular weight excluding hydrogens is 399 g/mol. The number of halogens is 1. The van der Waals surface area contributed by atoms with Gasteiger partial charge in [-0.15, -0.1) is 0 Å². The van der Waals surface area contributed by atoms with Crippen molar-refractivity contribution in [2.75, 3.05) is 32.1 Å². The molecule has 0 aliphatic heterocycles. The number of hydrogen-bond donors (Lipinski definition) is 0. The van der Waals surface area contributed by atoms with Gasteiger partial charge in [-0.1, -0.05) is 6.07 Å². The molecule has 1 amide bonds. The third kappa shape index (κ3) is 5.18. The lowest BCUT2D eigenvalue weighted by molar-refractivity contribution is -0.121. The molecule has 29 heavy (non-hydrogen) atoms. The number of aryl methyl sites for hydroxylation is 1. The monoisotopic (exact) mass is 422 g/mol. The molecule has 0 unspecified atom stereocenters. The molecule has 0 aliphatic rings. The highest BCUT2D eigenvalue weighted by atomic mass is 32.2. The summed E-state index contributed by atoms with van der Waals surface area (Å²) in [5.41, 5.74) is 1.06. The first-order valence-corrected chi connectivity index (χ1v) is 10.3. The van der Waals surface area contributed by atoms with E-state index in [-0.39, 0.29) is 10.5 Å². The number of amides is 1. The van der Waals surface area contributed by atoms with Gasteiger partial charge in [-0.05, 0) is 55.8 Å². The van der Waals surface area contributed by atoms with Crippen LogP contribution in [-0.2, 0) is 19.6 Å². The topological polar surface area (TPSA) is 84.0 Å². The van der Waals surface area contributed by atoms with Crippen molar-refractivity contribution in [3.05, 3.63) is 59.4 Å². The first-order chi connectivity index (χ1) is 13.6. The van der Waals surface area contributed by atoms with Crippen LogP contribution in [0.2, 0.25) is 0 Å². The van der Waals surface area contributed by atoms with Gasteiger partial charge in [0.15, 0.2) is 6.61 Å². The molecule has 0 spiro atoms. The molecule has 2 aromatic carbocycles. The Labute approximate surface area is 169 Å². The number of likely N-dealkylation sites (N-methyl/N-ethyl adjacent to an activating group) is 1. The number of carbonyl (C=O) groups excluding carboxylic acids is 2. The highest BCUT2D eigenvalue weighted by Gasteiger charge is 2.22. The second kappa shape index (κ2) is 9.15. The highest BCUT2D eigenvalue weighted by Crippen LogP contribution is 2.19. The lowest BCUT2D eigenvalue weighted by atomic mass is 10.1. The Morgan fingerprint density at radius 1 is 1.07 bits per heavy atom. The van der Waals surface area contributed by atoms with Crippen LogP contribution in [0.5, 0.6) is 0 Å². The van der Waals surface area contributed by atoms with Crippen molar-refractivity contribution in [3.63, 3.8) is 0 Å². The lowest BCUT2D eigenvalue weighted by Crippen LogP contribution is -2.34. The summed E-state index contributed by atoms with van der Waals surface area (Å²) in [6, 6.07) is 9.52. The minimum absolute atomic E-state index is 0.0483. The van der Waals surface area contributed by atoms with E-state index < -0.39 is 34.3 Å². The van der Waals surface area contributed by atoms with Gasteiger partial charge in [-0.3, -0.25) is 4.79 Å². The van der Waals surface area contributed by atoms with Crippen molar-refractivity contribution in [1.82, 2.24) is 4.31 Å². The molecule has 0 aliphatic carbocycles. The molecule has 0 N–H and O–H groups in total. The van der Waals surface area contributed by atoms with Crippen molar-refractivity contribution < 1.29 is 27.1 Å². The first kappa shape index (κ1) is 22.5. The summed E-state index contributed by atoms with van der Waals surface area (Å²) < 4.78 is 43.8. The van der Waals surface area contributed by atoms with Gasteiger partial charge in [0, 0.05) is 26.3 Å². The largest absolute Gasteiger partial charge is 0.452 e. The van der Waals surface area contributed by atoms with E-state index in [2.05, 4.69) is 0 Å². The molecule has 0 fully saturated rings. The summed E-state index contributed by atoms with van der Waals surface area (Å²) in [6.45, 7) is 3.15. The molecule has 2 rings (SSSR count). The Morgan fingerprint density at radius 3 is 2.24 bits per heavy atom. The summed E-state index contributed by atoms with van der Waals surface area (Å²) in [4.78, 5) is 26.2. The van der Waals surface area contributed by atoms with Gasteiger partial charge in [-0.25, -0.2) is 21.9 Å². The molecular formula is C20H23FN2O5S. The van der Waals surface area contributed by atoms with E-state index in [0.29, 0.717) is 17.8 Å². The van der Waals surface area contributed by atoms with Gasteiger partial charge in [-0.2, -0.15) is 0 Å². The number of ether oxygens (including phenoxy) is 1. The quantitative estimate of drug-likeness (QED) is 0.641. The number of rotatable bonds is 7. The number of hydrogen-bond acceptors (Lipinski definition) is 5. The van der Waals surface area contributed by atoms with Crippen molar-refractivity contribution in [1.29, 1.82) is 0 Å². The van der Waals surface area contributed by atoms with Crippen LogP contribution in [0.15, 0.2) is 47.4 Å². The Hall–Kier alpha value is -2.78. The number of nitrogens with zero attached hydrogens (tertiary/aromatic N) is 2. The van der Waals surface area contributed by atoms with E-state index in [9.17, 15) is 22.4 Å². The van der Waals surface area contributed by atoms with Gasteiger partial charge < -0.3 is 9.64 Å². The Morgan fingerprint density at radius 2 is 1.69 bits per heavy atom. The summed E-state index contributed by atoms with van der Waals surface area (Å²) in [5, 5.41) is 0. The smallest absolute Gasteiger partial charge is 0.338 e. The van der Waals surface area contributed by atoms with Gasteiger partial charge in [0.2, 0.25) is 10.0 Å². The lowest BCUT2D eigenvalue weighted by Gasteiger charge is -2.21. The zero-order valence-corrected chi connectivity index (χ0v) is 17.5. The van der Waals surface area contributed by atoms with Crippen LogP contribution in [0.1, 0.15) is 22.8 Å². The van der Waals surface area contributed by atoms with E-state index in [0.717, 1.165) is 4.31 Å². The summed E-state index contributed by atoms with van der Waals surface area (Å²) in [7, 11) is -0.939. The van der Waals surface area contributed by atoms with Crippen molar-refractivity contribution in [3.8, 4) is 0 Å². The molecule has 7 nitrogen and oxygen atoms in total. The van der Waals surface area contributed by atoms with Crippen LogP contribution < -0.4 is 4.90 Å².